The second-order valence-corrected chi connectivity index (χ2v) is 6.06. The minimum absolute atomic E-state index is 0.0577. The molecule has 2 aliphatic rings. The summed E-state index contributed by atoms with van der Waals surface area (Å²) < 4.78 is 10.6. The minimum Gasteiger partial charge on any atom is -0.372 e. The van der Waals surface area contributed by atoms with Crippen molar-refractivity contribution >= 4 is 17.3 Å². The number of fused-ring (bicyclic) bond motifs is 2. The Bertz CT molecular complexity index is 569. The van der Waals surface area contributed by atoms with Crippen molar-refractivity contribution in [2.24, 2.45) is 0 Å². The molecule has 1 unspecified atom stereocenters. The van der Waals surface area contributed by atoms with Gasteiger partial charge in [0.25, 0.3) is 0 Å². The van der Waals surface area contributed by atoms with Gasteiger partial charge in [0.15, 0.2) is 6.29 Å². The molecule has 1 amide bonds. The van der Waals surface area contributed by atoms with E-state index < -0.39 is 6.29 Å². The van der Waals surface area contributed by atoms with E-state index in [-0.39, 0.29) is 11.9 Å². The number of aryl methyl sites for hydroxylation is 2. The van der Waals surface area contributed by atoms with E-state index in [4.69, 9.17) is 9.47 Å². The van der Waals surface area contributed by atoms with Crippen molar-refractivity contribution in [1.82, 2.24) is 0 Å². The number of carbonyl (C=O) groups excluding carboxylic acids is 1. The molecule has 0 saturated carbocycles. The van der Waals surface area contributed by atoms with Crippen LogP contribution in [-0.4, -0.2) is 39.0 Å². The van der Waals surface area contributed by atoms with Crippen LogP contribution in [0.5, 0.6) is 0 Å². The molecule has 1 aliphatic heterocycles. The van der Waals surface area contributed by atoms with Gasteiger partial charge in [0.1, 0.15) is 6.04 Å². The first-order valence-electron chi connectivity index (χ1n) is 7.93. The van der Waals surface area contributed by atoms with Crippen molar-refractivity contribution in [2.75, 3.05) is 31.0 Å². The molecular weight excluding hydrogens is 280 g/mol. The van der Waals surface area contributed by atoms with Crippen molar-refractivity contribution in [3.8, 4) is 0 Å². The van der Waals surface area contributed by atoms with E-state index in [1.165, 1.54) is 24.0 Å². The van der Waals surface area contributed by atoms with Crippen LogP contribution >= 0.6 is 0 Å². The fraction of sp³-hybridized carbons (Fsp3) is 0.588. The van der Waals surface area contributed by atoms with Gasteiger partial charge < -0.3 is 19.7 Å². The van der Waals surface area contributed by atoms with E-state index in [1.54, 1.807) is 19.1 Å². The summed E-state index contributed by atoms with van der Waals surface area (Å²) >= 11 is 0. The third-order valence-electron chi connectivity index (χ3n) is 4.62. The largest absolute Gasteiger partial charge is 0.372 e. The maximum absolute atomic E-state index is 12.6. The van der Waals surface area contributed by atoms with Gasteiger partial charge in [-0.25, -0.2) is 0 Å². The van der Waals surface area contributed by atoms with E-state index in [2.05, 4.69) is 17.4 Å². The third-order valence-corrected chi connectivity index (χ3v) is 4.62. The molecule has 1 aliphatic carbocycles. The minimum atomic E-state index is -0.418. The molecule has 5 heteroatoms. The average molecular weight is 304 g/mol. The highest BCUT2D eigenvalue weighted by Gasteiger charge is 2.32. The van der Waals surface area contributed by atoms with Crippen LogP contribution in [0.15, 0.2) is 12.1 Å². The number of anilines is 2. The molecular formula is C17H24N2O3. The summed E-state index contributed by atoms with van der Waals surface area (Å²) in [6.45, 7) is 2.30. The van der Waals surface area contributed by atoms with Gasteiger partial charge in [0, 0.05) is 14.2 Å². The van der Waals surface area contributed by atoms with Crippen LogP contribution in [0.3, 0.4) is 0 Å². The number of hydrogen-bond donors (Lipinski definition) is 1. The molecule has 0 fully saturated rings. The van der Waals surface area contributed by atoms with Crippen LogP contribution in [0.25, 0.3) is 0 Å². The number of benzene rings is 1. The van der Waals surface area contributed by atoms with Gasteiger partial charge in [-0.05, 0) is 55.9 Å². The maximum atomic E-state index is 12.6. The van der Waals surface area contributed by atoms with E-state index in [0.717, 1.165) is 24.2 Å². The van der Waals surface area contributed by atoms with E-state index in [1.807, 2.05) is 6.92 Å². The Labute approximate surface area is 131 Å². The molecule has 0 radical (unpaired) electrons. The number of methoxy groups -OCH3 is 2. The van der Waals surface area contributed by atoms with Crippen molar-refractivity contribution in [1.29, 1.82) is 0 Å². The highest BCUT2D eigenvalue weighted by Crippen LogP contribution is 2.37. The predicted octanol–water partition coefficient (Wildman–Crippen LogP) is 2.33. The molecule has 1 aromatic rings. The molecule has 120 valence electrons. The topological polar surface area (TPSA) is 50.8 Å². The van der Waals surface area contributed by atoms with E-state index >= 15 is 0 Å². The first-order chi connectivity index (χ1) is 10.6. The van der Waals surface area contributed by atoms with Gasteiger partial charge in [0.05, 0.1) is 17.9 Å². The van der Waals surface area contributed by atoms with Crippen molar-refractivity contribution in [2.45, 2.75) is 44.9 Å². The SMILES string of the molecule is COC(CN1C(=O)C(C)Nc2cc3c(cc21)CCCC3)OC. The summed E-state index contributed by atoms with van der Waals surface area (Å²) in [5, 5.41) is 3.33. The molecule has 1 heterocycles. The first kappa shape index (κ1) is 15.3. The Hall–Kier alpha value is -1.59. The van der Waals surface area contributed by atoms with Gasteiger partial charge in [-0.2, -0.15) is 0 Å². The van der Waals surface area contributed by atoms with Crippen LogP contribution in [-0.2, 0) is 27.1 Å². The lowest BCUT2D eigenvalue weighted by Crippen LogP contribution is -2.49. The molecule has 1 N–H and O–H groups in total. The molecule has 0 saturated heterocycles. The van der Waals surface area contributed by atoms with Gasteiger partial charge in [-0.1, -0.05) is 0 Å². The quantitative estimate of drug-likeness (QED) is 0.868. The molecule has 0 bridgehead atoms. The van der Waals surface area contributed by atoms with Gasteiger partial charge in [-0.15, -0.1) is 0 Å². The molecule has 3 rings (SSSR count). The zero-order chi connectivity index (χ0) is 15.7. The van der Waals surface area contributed by atoms with Gasteiger partial charge in [-0.3, -0.25) is 4.79 Å². The summed E-state index contributed by atoms with van der Waals surface area (Å²) in [5.74, 6) is 0.0577. The molecule has 0 aromatic heterocycles. The lowest BCUT2D eigenvalue weighted by Gasteiger charge is -2.36. The Morgan fingerprint density at radius 1 is 1.23 bits per heavy atom. The Kier molecular flexibility index (Phi) is 4.36. The number of nitrogens with one attached hydrogen (secondary N) is 1. The van der Waals surface area contributed by atoms with E-state index in [0.29, 0.717) is 6.54 Å². The fourth-order valence-corrected chi connectivity index (χ4v) is 3.34. The van der Waals surface area contributed by atoms with Crippen LogP contribution in [0.2, 0.25) is 0 Å². The summed E-state index contributed by atoms with van der Waals surface area (Å²) in [6, 6.07) is 4.15. The molecule has 22 heavy (non-hydrogen) atoms. The number of carbonyl (C=O) groups is 1. The number of ether oxygens (including phenoxy) is 2. The molecule has 1 atom stereocenters. The summed E-state index contributed by atoms with van der Waals surface area (Å²) in [5.41, 5.74) is 4.76. The van der Waals surface area contributed by atoms with Gasteiger partial charge >= 0.3 is 0 Å². The molecule has 0 spiro atoms. The first-order valence-corrected chi connectivity index (χ1v) is 7.93. The lowest BCUT2D eigenvalue weighted by molar-refractivity contribution is -0.123. The fourth-order valence-electron chi connectivity index (χ4n) is 3.34. The summed E-state index contributed by atoms with van der Waals surface area (Å²) in [4.78, 5) is 14.4. The number of rotatable bonds is 4. The highest BCUT2D eigenvalue weighted by molar-refractivity contribution is 6.05. The molecule has 5 nitrogen and oxygen atoms in total. The molecule has 1 aromatic carbocycles. The summed E-state index contributed by atoms with van der Waals surface area (Å²) in [7, 11) is 3.19. The van der Waals surface area contributed by atoms with E-state index in [9.17, 15) is 4.79 Å². The smallest absolute Gasteiger partial charge is 0.249 e. The number of nitrogens with zero attached hydrogens (tertiary/aromatic N) is 1. The summed E-state index contributed by atoms with van der Waals surface area (Å²) in [6.07, 6.45) is 4.28. The highest BCUT2D eigenvalue weighted by atomic mass is 16.7. The Morgan fingerprint density at radius 2 is 1.86 bits per heavy atom. The zero-order valence-electron chi connectivity index (χ0n) is 13.5. The average Bonchev–Trinajstić information content (AvgIpc) is 2.54. The zero-order valence-corrected chi connectivity index (χ0v) is 13.5. The normalized spacial score (nSPS) is 20.6. The number of amides is 1. The number of hydrogen-bond acceptors (Lipinski definition) is 4. The van der Waals surface area contributed by atoms with Crippen molar-refractivity contribution in [3.63, 3.8) is 0 Å². The Balaban J connectivity index is 1.98. The second-order valence-electron chi connectivity index (χ2n) is 6.06. The lowest BCUT2D eigenvalue weighted by atomic mass is 9.90. The maximum Gasteiger partial charge on any atom is 0.249 e. The van der Waals surface area contributed by atoms with Crippen LogP contribution in [0.4, 0.5) is 11.4 Å². The van der Waals surface area contributed by atoms with Crippen LogP contribution in [0.1, 0.15) is 30.9 Å². The van der Waals surface area contributed by atoms with Crippen LogP contribution in [0, 0.1) is 0 Å². The third kappa shape index (κ3) is 2.71. The Morgan fingerprint density at radius 3 is 2.50 bits per heavy atom. The predicted molar refractivity (Wildman–Crippen MR) is 86.3 cm³/mol. The monoisotopic (exact) mass is 304 g/mol. The second kappa shape index (κ2) is 6.26. The van der Waals surface area contributed by atoms with Gasteiger partial charge in [0.2, 0.25) is 5.91 Å². The van der Waals surface area contributed by atoms with Crippen molar-refractivity contribution < 1.29 is 14.3 Å². The standard InChI is InChI=1S/C17H24N2O3/c1-11-17(20)19(10-16(21-2)22-3)15-9-13-7-5-4-6-12(13)8-14(15)18-11/h8-9,11,16,18H,4-7,10H2,1-3H3. The van der Waals surface area contributed by atoms with Crippen molar-refractivity contribution in [3.05, 3.63) is 23.3 Å². The van der Waals surface area contributed by atoms with Crippen LogP contribution < -0.4 is 10.2 Å².